The molecule has 0 unspecified atom stereocenters. The van der Waals surface area contributed by atoms with Crippen molar-refractivity contribution >= 4 is 44.3 Å². The largest absolute Gasteiger partial charge is 0.294 e. The lowest BCUT2D eigenvalue weighted by Gasteiger charge is -2.02. The Kier molecular flexibility index (Phi) is 2.25. The summed E-state index contributed by atoms with van der Waals surface area (Å²) in [5.41, 5.74) is 2.14. The van der Waals surface area contributed by atoms with Crippen LogP contribution in [-0.2, 0) is 6.42 Å². The minimum Gasteiger partial charge on any atom is -0.294 e. The third-order valence-corrected chi connectivity index (χ3v) is 4.60. The van der Waals surface area contributed by atoms with Crippen LogP contribution in [0.3, 0.4) is 0 Å². The summed E-state index contributed by atoms with van der Waals surface area (Å²) in [7, 11) is 0. The lowest BCUT2D eigenvalue weighted by molar-refractivity contribution is 0.0994. The van der Waals surface area contributed by atoms with Gasteiger partial charge in [-0.3, -0.25) is 4.79 Å². The number of rotatable bonds is 0. The molecule has 1 aromatic carbocycles. The molecular weight excluding hydrogens is 331 g/mol. The topological polar surface area (TPSA) is 17.1 Å². The van der Waals surface area contributed by atoms with Crippen LogP contribution in [0.15, 0.2) is 16.6 Å². The maximum Gasteiger partial charge on any atom is 0.164 e. The lowest BCUT2D eigenvalue weighted by atomic mass is 10.1. The molecule has 0 radical (unpaired) electrons. The summed E-state index contributed by atoms with van der Waals surface area (Å²) < 4.78 is 2.09. The van der Waals surface area contributed by atoms with E-state index in [9.17, 15) is 4.79 Å². The van der Waals surface area contributed by atoms with Gasteiger partial charge in [0, 0.05) is 20.0 Å². The number of carbonyl (C=O) groups excluding carboxylic acids is 1. The molecule has 0 atom stereocenters. The molecule has 12 heavy (non-hydrogen) atoms. The Morgan fingerprint density at radius 1 is 1.33 bits per heavy atom. The third-order valence-electron chi connectivity index (χ3n) is 2.08. The molecule has 0 spiro atoms. The number of halogens is 2. The summed E-state index contributed by atoms with van der Waals surface area (Å²) >= 11 is 5.63. The highest BCUT2D eigenvalue weighted by Gasteiger charge is 2.22. The second-order valence-corrected chi connectivity index (χ2v) is 4.75. The smallest absolute Gasteiger partial charge is 0.164 e. The minimum absolute atomic E-state index is 0.288. The van der Waals surface area contributed by atoms with Crippen LogP contribution < -0.4 is 0 Å². The van der Waals surface area contributed by atoms with Gasteiger partial charge in [-0.15, -0.1) is 0 Å². The van der Waals surface area contributed by atoms with Gasteiger partial charge in [0.05, 0.1) is 0 Å². The van der Waals surface area contributed by atoms with Crippen LogP contribution in [0.4, 0.5) is 0 Å². The molecule has 3 heteroatoms. The van der Waals surface area contributed by atoms with E-state index >= 15 is 0 Å². The zero-order valence-electron chi connectivity index (χ0n) is 6.23. The molecule has 2 rings (SSSR count). The molecule has 0 bridgehead atoms. The quantitative estimate of drug-likeness (QED) is 0.665. The monoisotopic (exact) mass is 336 g/mol. The van der Waals surface area contributed by atoms with Crippen molar-refractivity contribution in [1.29, 1.82) is 0 Å². The molecule has 0 saturated carbocycles. The maximum atomic E-state index is 11.4. The normalized spacial score (nSPS) is 15.0. The van der Waals surface area contributed by atoms with Gasteiger partial charge in [-0.1, -0.05) is 6.07 Å². The van der Waals surface area contributed by atoms with E-state index in [1.165, 1.54) is 5.56 Å². The number of hydrogen-bond donors (Lipinski definition) is 0. The average molecular weight is 337 g/mol. The van der Waals surface area contributed by atoms with Crippen LogP contribution in [0, 0.1) is 3.57 Å². The van der Waals surface area contributed by atoms with E-state index in [0.717, 1.165) is 20.0 Å². The first-order valence-electron chi connectivity index (χ1n) is 3.70. The molecule has 0 saturated heterocycles. The van der Waals surface area contributed by atoms with Crippen molar-refractivity contribution in [1.82, 2.24) is 0 Å². The summed E-state index contributed by atoms with van der Waals surface area (Å²) in [6.45, 7) is 0. The first-order chi connectivity index (χ1) is 5.70. The predicted octanol–water partition coefficient (Wildman–Crippen LogP) is 3.18. The summed E-state index contributed by atoms with van der Waals surface area (Å²) in [6, 6.07) is 4.05. The second-order valence-electron chi connectivity index (χ2n) is 2.82. The minimum atomic E-state index is 0.288. The van der Waals surface area contributed by atoms with E-state index in [0.29, 0.717) is 6.42 Å². The van der Waals surface area contributed by atoms with Crippen LogP contribution in [0.1, 0.15) is 22.3 Å². The molecule has 0 aromatic heterocycles. The van der Waals surface area contributed by atoms with Gasteiger partial charge in [-0.25, -0.2) is 0 Å². The Morgan fingerprint density at radius 3 is 2.83 bits per heavy atom. The molecule has 0 heterocycles. The Balaban J connectivity index is 2.71. The molecule has 0 aliphatic heterocycles. The van der Waals surface area contributed by atoms with E-state index in [4.69, 9.17) is 0 Å². The van der Waals surface area contributed by atoms with Gasteiger partial charge < -0.3 is 0 Å². The van der Waals surface area contributed by atoms with Crippen molar-refractivity contribution in [2.75, 3.05) is 0 Å². The molecule has 1 aliphatic rings. The fourth-order valence-electron chi connectivity index (χ4n) is 1.47. The first kappa shape index (κ1) is 8.69. The van der Waals surface area contributed by atoms with Crippen LogP contribution in [0.25, 0.3) is 0 Å². The predicted molar refractivity (Wildman–Crippen MR) is 59.5 cm³/mol. The maximum absolute atomic E-state index is 11.4. The van der Waals surface area contributed by atoms with Gasteiger partial charge in [-0.05, 0) is 56.6 Å². The fraction of sp³-hybridized carbons (Fsp3) is 0.222. The van der Waals surface area contributed by atoms with Crippen LogP contribution in [0.2, 0.25) is 0 Å². The number of Topliss-reactive ketones (excluding diaryl/α,β-unsaturated/α-hetero) is 1. The van der Waals surface area contributed by atoms with Gasteiger partial charge >= 0.3 is 0 Å². The number of hydrogen-bond acceptors (Lipinski definition) is 1. The van der Waals surface area contributed by atoms with E-state index in [2.05, 4.69) is 38.5 Å². The van der Waals surface area contributed by atoms with E-state index in [-0.39, 0.29) is 5.78 Å². The van der Waals surface area contributed by atoms with Crippen molar-refractivity contribution in [2.45, 2.75) is 12.8 Å². The molecule has 62 valence electrons. The summed E-state index contributed by atoms with van der Waals surface area (Å²) in [6.07, 6.45) is 1.60. The highest BCUT2D eigenvalue weighted by atomic mass is 127. The fourth-order valence-corrected chi connectivity index (χ4v) is 2.63. The number of aryl methyl sites for hydroxylation is 1. The number of ketones is 1. The van der Waals surface area contributed by atoms with Gasteiger partial charge in [-0.2, -0.15) is 0 Å². The zero-order valence-corrected chi connectivity index (χ0v) is 9.98. The van der Waals surface area contributed by atoms with Crippen molar-refractivity contribution in [3.05, 3.63) is 31.3 Å². The lowest BCUT2D eigenvalue weighted by Crippen LogP contribution is -1.95. The van der Waals surface area contributed by atoms with Gasteiger partial charge in [0.1, 0.15) is 0 Å². The van der Waals surface area contributed by atoms with Crippen LogP contribution in [0.5, 0.6) is 0 Å². The van der Waals surface area contributed by atoms with E-state index < -0.39 is 0 Å². The Morgan fingerprint density at radius 2 is 2.08 bits per heavy atom. The number of carbonyl (C=O) groups is 1. The molecule has 0 fully saturated rings. The summed E-state index contributed by atoms with van der Waals surface area (Å²) in [4.78, 5) is 11.4. The summed E-state index contributed by atoms with van der Waals surface area (Å²) in [5, 5.41) is 0. The molecule has 1 aromatic rings. The Labute approximate surface area is 92.8 Å². The SMILES string of the molecule is O=C1CCc2ccc(Br)c(I)c21. The third kappa shape index (κ3) is 1.23. The highest BCUT2D eigenvalue weighted by Crippen LogP contribution is 2.31. The van der Waals surface area contributed by atoms with Gasteiger partial charge in [0.2, 0.25) is 0 Å². The van der Waals surface area contributed by atoms with Crippen LogP contribution in [-0.4, -0.2) is 5.78 Å². The highest BCUT2D eigenvalue weighted by molar-refractivity contribution is 14.1. The molecule has 0 N–H and O–H groups in total. The molecule has 1 nitrogen and oxygen atoms in total. The standard InChI is InChI=1S/C9H6BrIO/c10-6-3-1-5-2-4-7(12)8(5)9(6)11/h1,3H,2,4H2. The van der Waals surface area contributed by atoms with E-state index in [1.54, 1.807) is 0 Å². The van der Waals surface area contributed by atoms with E-state index in [1.807, 2.05) is 12.1 Å². The molecule has 0 amide bonds. The van der Waals surface area contributed by atoms with Crippen molar-refractivity contribution < 1.29 is 4.79 Å². The van der Waals surface area contributed by atoms with Crippen molar-refractivity contribution in [2.24, 2.45) is 0 Å². The van der Waals surface area contributed by atoms with Crippen molar-refractivity contribution in [3.63, 3.8) is 0 Å². The molecular formula is C9H6BrIO. The first-order valence-corrected chi connectivity index (χ1v) is 5.57. The molecule has 1 aliphatic carbocycles. The average Bonchev–Trinajstić information content (AvgIpc) is 2.41. The van der Waals surface area contributed by atoms with Crippen molar-refractivity contribution in [3.8, 4) is 0 Å². The summed E-state index contributed by atoms with van der Waals surface area (Å²) in [5.74, 6) is 0.288. The van der Waals surface area contributed by atoms with Crippen LogP contribution >= 0.6 is 38.5 Å². The Hall–Kier alpha value is 0.1000. The second kappa shape index (κ2) is 3.10. The Bertz CT molecular complexity index is 360. The number of benzene rings is 1. The number of fused-ring (bicyclic) bond motifs is 1. The van der Waals surface area contributed by atoms with Gasteiger partial charge in [0.15, 0.2) is 5.78 Å². The zero-order chi connectivity index (χ0) is 8.72. The van der Waals surface area contributed by atoms with Gasteiger partial charge in [0.25, 0.3) is 0 Å².